The predicted molar refractivity (Wildman–Crippen MR) is 151 cm³/mol. The molecule has 1 N–H and O–H groups in total. The number of benzene rings is 3. The molecule has 0 bridgehead atoms. The zero-order valence-electron chi connectivity index (χ0n) is 23.0. The molecule has 0 fully saturated rings. The van der Waals surface area contributed by atoms with Crippen molar-refractivity contribution in [3.63, 3.8) is 0 Å². The number of anilines is 1. The number of carbonyl (C=O) groups is 2. The van der Waals surface area contributed by atoms with Gasteiger partial charge in [0.05, 0.1) is 10.6 Å². The lowest BCUT2D eigenvalue weighted by atomic mass is 10.1. The van der Waals surface area contributed by atoms with E-state index in [0.717, 1.165) is 27.6 Å². The summed E-state index contributed by atoms with van der Waals surface area (Å²) in [4.78, 5) is 28.7. The molecular formula is C30H36FN3O4S. The molecular weight excluding hydrogens is 517 g/mol. The highest BCUT2D eigenvalue weighted by Gasteiger charge is 2.34. The smallest absolute Gasteiger partial charge is 0.264 e. The van der Waals surface area contributed by atoms with Gasteiger partial charge in [0.2, 0.25) is 11.8 Å². The van der Waals surface area contributed by atoms with Crippen molar-refractivity contribution in [3.8, 4) is 0 Å². The van der Waals surface area contributed by atoms with Crippen molar-refractivity contribution in [2.45, 2.75) is 64.1 Å². The molecule has 9 heteroatoms. The topological polar surface area (TPSA) is 86.8 Å². The highest BCUT2D eigenvalue weighted by Crippen LogP contribution is 2.25. The highest BCUT2D eigenvalue weighted by atomic mass is 32.2. The largest absolute Gasteiger partial charge is 0.350 e. The number of hydrogen-bond donors (Lipinski definition) is 1. The minimum Gasteiger partial charge on any atom is -0.350 e. The second-order valence-electron chi connectivity index (χ2n) is 10.5. The Labute approximate surface area is 230 Å². The van der Waals surface area contributed by atoms with Gasteiger partial charge in [-0.2, -0.15) is 0 Å². The standard InChI is InChI=1S/C30H36FN3O4S/c1-6-27(29(36)32-30(3,4)5)33(20-23-10-8-7-9-11-23)28(35)21-34(25-16-14-24(31)15-17-25)39(37,38)26-18-12-22(2)13-19-26/h7-19,27H,6,20-21H2,1-5H3,(H,32,36)/t27-/m0/s1. The average Bonchev–Trinajstić information content (AvgIpc) is 2.87. The lowest BCUT2D eigenvalue weighted by Crippen LogP contribution is -2.55. The number of rotatable bonds is 10. The summed E-state index contributed by atoms with van der Waals surface area (Å²) in [5.74, 6) is -1.42. The van der Waals surface area contributed by atoms with Gasteiger partial charge in [0.25, 0.3) is 10.0 Å². The van der Waals surface area contributed by atoms with Gasteiger partial charge in [-0.15, -0.1) is 0 Å². The van der Waals surface area contributed by atoms with Gasteiger partial charge in [0.1, 0.15) is 18.4 Å². The maximum absolute atomic E-state index is 14.0. The van der Waals surface area contributed by atoms with E-state index in [1.165, 1.54) is 29.2 Å². The van der Waals surface area contributed by atoms with E-state index in [0.29, 0.717) is 6.42 Å². The monoisotopic (exact) mass is 553 g/mol. The van der Waals surface area contributed by atoms with E-state index in [-0.39, 0.29) is 23.0 Å². The fourth-order valence-corrected chi connectivity index (χ4v) is 5.54. The molecule has 3 rings (SSSR count). The van der Waals surface area contributed by atoms with Crippen LogP contribution in [0.5, 0.6) is 0 Å². The van der Waals surface area contributed by atoms with E-state index in [4.69, 9.17) is 0 Å². The normalized spacial score (nSPS) is 12.5. The Kier molecular flexibility index (Phi) is 9.50. The van der Waals surface area contributed by atoms with Crippen molar-refractivity contribution in [2.24, 2.45) is 0 Å². The van der Waals surface area contributed by atoms with Gasteiger partial charge in [0, 0.05) is 12.1 Å². The number of sulfonamides is 1. The van der Waals surface area contributed by atoms with Crippen LogP contribution in [0.2, 0.25) is 0 Å². The van der Waals surface area contributed by atoms with Gasteiger partial charge < -0.3 is 10.2 Å². The average molecular weight is 554 g/mol. The quantitative estimate of drug-likeness (QED) is 0.381. The second-order valence-corrected chi connectivity index (χ2v) is 12.3. The Balaban J connectivity index is 2.05. The van der Waals surface area contributed by atoms with Crippen molar-refractivity contribution >= 4 is 27.5 Å². The van der Waals surface area contributed by atoms with Crippen molar-refractivity contribution in [1.82, 2.24) is 10.2 Å². The van der Waals surface area contributed by atoms with E-state index < -0.39 is 39.9 Å². The van der Waals surface area contributed by atoms with Gasteiger partial charge >= 0.3 is 0 Å². The molecule has 0 saturated carbocycles. The molecule has 208 valence electrons. The maximum atomic E-state index is 14.0. The van der Waals surface area contributed by atoms with E-state index in [9.17, 15) is 22.4 Å². The second kappa shape index (κ2) is 12.4. The maximum Gasteiger partial charge on any atom is 0.264 e. The molecule has 0 aliphatic carbocycles. The van der Waals surface area contributed by atoms with Crippen LogP contribution < -0.4 is 9.62 Å². The fraction of sp³-hybridized carbons (Fsp3) is 0.333. The Hall–Kier alpha value is -3.72. The molecule has 2 amide bonds. The van der Waals surface area contributed by atoms with Crippen LogP contribution in [0.4, 0.5) is 10.1 Å². The first-order chi connectivity index (χ1) is 18.3. The predicted octanol–water partition coefficient (Wildman–Crippen LogP) is 5.05. The van der Waals surface area contributed by atoms with Gasteiger partial charge in [0.15, 0.2) is 0 Å². The number of hydrogen-bond acceptors (Lipinski definition) is 4. The van der Waals surface area contributed by atoms with Crippen LogP contribution in [0.3, 0.4) is 0 Å². The summed E-state index contributed by atoms with van der Waals surface area (Å²) in [6.45, 7) is 8.74. The minimum absolute atomic E-state index is 0.00245. The van der Waals surface area contributed by atoms with Crippen molar-refractivity contribution in [3.05, 3.63) is 95.8 Å². The Morgan fingerprint density at radius 3 is 2.05 bits per heavy atom. The molecule has 0 spiro atoms. The Morgan fingerprint density at radius 2 is 1.51 bits per heavy atom. The zero-order valence-corrected chi connectivity index (χ0v) is 23.8. The van der Waals surface area contributed by atoms with E-state index in [1.807, 2.05) is 58.0 Å². The summed E-state index contributed by atoms with van der Waals surface area (Å²) in [6.07, 6.45) is 0.321. The lowest BCUT2D eigenvalue weighted by Gasteiger charge is -2.34. The fourth-order valence-electron chi connectivity index (χ4n) is 4.13. The number of carbonyl (C=O) groups excluding carboxylic acids is 2. The van der Waals surface area contributed by atoms with Crippen LogP contribution in [0.1, 0.15) is 45.2 Å². The van der Waals surface area contributed by atoms with Crippen LogP contribution in [0.15, 0.2) is 83.8 Å². The number of nitrogens with one attached hydrogen (secondary N) is 1. The molecule has 7 nitrogen and oxygen atoms in total. The first kappa shape index (κ1) is 29.8. The van der Waals surface area contributed by atoms with Crippen LogP contribution in [0, 0.1) is 12.7 Å². The summed E-state index contributed by atoms with van der Waals surface area (Å²) in [5.41, 5.74) is 1.28. The van der Waals surface area contributed by atoms with Gasteiger partial charge in [-0.1, -0.05) is 55.0 Å². The first-order valence-corrected chi connectivity index (χ1v) is 14.3. The molecule has 39 heavy (non-hydrogen) atoms. The number of nitrogens with zero attached hydrogens (tertiary/aromatic N) is 2. The number of halogens is 1. The van der Waals surface area contributed by atoms with Crippen molar-refractivity contribution in [2.75, 3.05) is 10.8 Å². The van der Waals surface area contributed by atoms with Crippen LogP contribution in [-0.2, 0) is 26.2 Å². The number of aryl methyl sites for hydroxylation is 1. The first-order valence-electron chi connectivity index (χ1n) is 12.8. The van der Waals surface area contributed by atoms with E-state index >= 15 is 0 Å². The SMILES string of the molecule is CC[C@@H](C(=O)NC(C)(C)C)N(Cc1ccccc1)C(=O)CN(c1ccc(F)cc1)S(=O)(=O)c1ccc(C)cc1. The summed E-state index contributed by atoms with van der Waals surface area (Å²) in [5, 5.41) is 2.94. The number of amides is 2. The molecule has 0 heterocycles. The molecule has 0 unspecified atom stereocenters. The Morgan fingerprint density at radius 1 is 0.923 bits per heavy atom. The molecule has 3 aromatic carbocycles. The highest BCUT2D eigenvalue weighted by molar-refractivity contribution is 7.92. The summed E-state index contributed by atoms with van der Waals surface area (Å²) in [6, 6.07) is 19.6. The van der Waals surface area contributed by atoms with Gasteiger partial charge in [-0.3, -0.25) is 13.9 Å². The lowest BCUT2D eigenvalue weighted by molar-refractivity contribution is -0.141. The molecule has 0 aliphatic rings. The third-order valence-corrected chi connectivity index (χ3v) is 7.87. The molecule has 3 aromatic rings. The van der Waals surface area contributed by atoms with Crippen LogP contribution in [0.25, 0.3) is 0 Å². The summed E-state index contributed by atoms with van der Waals surface area (Å²) >= 11 is 0. The van der Waals surface area contributed by atoms with Gasteiger partial charge in [-0.25, -0.2) is 12.8 Å². The third kappa shape index (κ3) is 7.89. The van der Waals surface area contributed by atoms with Crippen molar-refractivity contribution < 1.29 is 22.4 Å². The van der Waals surface area contributed by atoms with Crippen LogP contribution >= 0.6 is 0 Å². The van der Waals surface area contributed by atoms with E-state index in [1.54, 1.807) is 19.1 Å². The summed E-state index contributed by atoms with van der Waals surface area (Å²) in [7, 11) is -4.20. The minimum atomic E-state index is -4.20. The van der Waals surface area contributed by atoms with Crippen LogP contribution in [-0.4, -0.2) is 43.3 Å². The van der Waals surface area contributed by atoms with Crippen molar-refractivity contribution in [1.29, 1.82) is 0 Å². The molecule has 0 aliphatic heterocycles. The molecule has 0 saturated heterocycles. The zero-order chi connectivity index (χ0) is 28.8. The molecule has 0 aromatic heterocycles. The van der Waals surface area contributed by atoms with E-state index in [2.05, 4.69) is 5.32 Å². The molecule has 1 atom stereocenters. The summed E-state index contributed by atoms with van der Waals surface area (Å²) < 4.78 is 42.3. The molecule has 0 radical (unpaired) electrons. The third-order valence-electron chi connectivity index (χ3n) is 6.08. The Bertz CT molecular complexity index is 1370. The van der Waals surface area contributed by atoms with Gasteiger partial charge in [-0.05, 0) is 76.1 Å².